The van der Waals surface area contributed by atoms with Gasteiger partial charge in [-0.15, -0.1) is 0 Å². The molecular weight excluding hydrogens is 434 g/mol. The van der Waals surface area contributed by atoms with Crippen molar-refractivity contribution < 1.29 is 16.8 Å². The largest absolute Gasteiger partial charge is 0.285 e. The van der Waals surface area contributed by atoms with Gasteiger partial charge in [0.2, 0.25) is 20.0 Å². The molecule has 0 bridgehead atoms. The highest BCUT2D eigenvalue weighted by Crippen LogP contribution is 2.24. The van der Waals surface area contributed by atoms with Gasteiger partial charge in [-0.05, 0) is 49.1 Å². The molecule has 168 valence electrons. The van der Waals surface area contributed by atoms with E-state index < -0.39 is 20.0 Å². The normalized spacial score (nSPS) is 20.0. The van der Waals surface area contributed by atoms with Gasteiger partial charge in [0.05, 0.1) is 16.5 Å². The van der Waals surface area contributed by atoms with Crippen molar-refractivity contribution in [3.8, 4) is 0 Å². The van der Waals surface area contributed by atoms with Crippen LogP contribution in [0.3, 0.4) is 0 Å². The van der Waals surface area contributed by atoms with E-state index in [1.54, 1.807) is 0 Å². The smallest absolute Gasteiger partial charge is 0.244 e. The van der Waals surface area contributed by atoms with Gasteiger partial charge in [0, 0.05) is 32.7 Å². The fourth-order valence-corrected chi connectivity index (χ4v) is 7.17. The zero-order chi connectivity index (χ0) is 21.9. The van der Waals surface area contributed by atoms with Crippen molar-refractivity contribution in [2.75, 3.05) is 32.8 Å². The zero-order valence-corrected chi connectivity index (χ0v) is 19.2. The van der Waals surface area contributed by atoms with Gasteiger partial charge in [0.1, 0.15) is 0 Å². The lowest BCUT2D eigenvalue weighted by Gasteiger charge is -2.34. The molecule has 2 heterocycles. The van der Waals surface area contributed by atoms with Gasteiger partial charge in [-0.3, -0.25) is 4.90 Å². The Morgan fingerprint density at radius 2 is 1.16 bits per heavy atom. The number of hydrogen-bond donors (Lipinski definition) is 0. The lowest BCUT2D eigenvalue weighted by molar-refractivity contribution is 0.140. The van der Waals surface area contributed by atoms with E-state index in [0.29, 0.717) is 32.8 Å². The Kier molecular flexibility index (Phi) is 6.78. The molecule has 2 aromatic rings. The maximum atomic E-state index is 13.2. The quantitative estimate of drug-likeness (QED) is 0.658. The Bertz CT molecular complexity index is 1080. The summed E-state index contributed by atoms with van der Waals surface area (Å²) in [5.74, 6) is 0. The molecular formula is C22H29N3O4S2. The highest BCUT2D eigenvalue weighted by atomic mass is 32.2. The van der Waals surface area contributed by atoms with E-state index in [0.717, 1.165) is 37.8 Å². The molecule has 2 aromatic carbocycles. The Labute approximate surface area is 185 Å². The molecule has 2 aliphatic heterocycles. The minimum atomic E-state index is -3.69. The molecule has 0 amide bonds. The first-order chi connectivity index (χ1) is 14.9. The fraction of sp³-hybridized carbons (Fsp3) is 0.455. The van der Waals surface area contributed by atoms with E-state index in [2.05, 4.69) is 4.90 Å². The average molecular weight is 464 g/mol. The van der Waals surface area contributed by atoms with Crippen LogP contribution in [-0.4, -0.2) is 63.2 Å². The van der Waals surface area contributed by atoms with E-state index >= 15 is 0 Å². The van der Waals surface area contributed by atoms with Gasteiger partial charge in [-0.25, -0.2) is 16.8 Å². The second-order valence-corrected chi connectivity index (χ2v) is 12.0. The number of nitrogens with zero attached hydrogens (tertiary/aromatic N) is 3. The van der Waals surface area contributed by atoms with Gasteiger partial charge in [-0.2, -0.15) is 8.61 Å². The summed E-state index contributed by atoms with van der Waals surface area (Å²) in [4.78, 5) is 2.40. The van der Waals surface area contributed by atoms with Crippen LogP contribution in [0.4, 0.5) is 0 Å². The molecule has 2 fully saturated rings. The number of benzene rings is 2. The summed E-state index contributed by atoms with van der Waals surface area (Å²) in [7, 11) is -7.27. The molecule has 7 nitrogen and oxygen atoms in total. The second kappa shape index (κ2) is 9.38. The van der Waals surface area contributed by atoms with Gasteiger partial charge < -0.3 is 0 Å². The Morgan fingerprint density at radius 3 is 1.77 bits per heavy atom. The van der Waals surface area contributed by atoms with Gasteiger partial charge >= 0.3 is 0 Å². The van der Waals surface area contributed by atoms with Crippen molar-refractivity contribution in [3.63, 3.8) is 0 Å². The van der Waals surface area contributed by atoms with Crippen LogP contribution in [0.5, 0.6) is 0 Å². The van der Waals surface area contributed by atoms with Crippen LogP contribution < -0.4 is 0 Å². The third kappa shape index (κ3) is 5.01. The number of sulfonamides is 2. The highest BCUT2D eigenvalue weighted by molar-refractivity contribution is 7.89. The second-order valence-electron chi connectivity index (χ2n) is 8.15. The summed E-state index contributed by atoms with van der Waals surface area (Å²) in [5.41, 5.74) is 1.15. The monoisotopic (exact) mass is 463 g/mol. The first-order valence-corrected chi connectivity index (χ1v) is 13.6. The van der Waals surface area contributed by atoms with E-state index in [9.17, 15) is 16.8 Å². The van der Waals surface area contributed by atoms with Crippen LogP contribution in [0.15, 0.2) is 64.4 Å². The van der Waals surface area contributed by atoms with Gasteiger partial charge in [0.25, 0.3) is 0 Å². The number of hydrogen-bond acceptors (Lipinski definition) is 5. The molecule has 4 rings (SSSR count). The average Bonchev–Trinajstić information content (AvgIpc) is 2.80. The van der Waals surface area contributed by atoms with Crippen LogP contribution in [0, 0.1) is 0 Å². The summed E-state index contributed by atoms with van der Waals surface area (Å²) in [5, 5.41) is 0. The molecule has 0 spiro atoms. The van der Waals surface area contributed by atoms with E-state index in [1.165, 1.54) is 32.9 Å². The van der Waals surface area contributed by atoms with Crippen molar-refractivity contribution in [2.24, 2.45) is 0 Å². The van der Waals surface area contributed by atoms with E-state index in [1.807, 2.05) is 30.3 Å². The minimum Gasteiger partial charge on any atom is -0.285 e. The summed E-state index contributed by atoms with van der Waals surface area (Å²) in [6, 6.07) is 15.7. The fourth-order valence-electron chi connectivity index (χ4n) is 4.19. The van der Waals surface area contributed by atoms with Crippen LogP contribution in [0.25, 0.3) is 0 Å². The third-order valence-electron chi connectivity index (χ3n) is 5.90. The molecule has 0 atom stereocenters. The third-order valence-corrected chi connectivity index (χ3v) is 9.66. The molecule has 31 heavy (non-hydrogen) atoms. The van der Waals surface area contributed by atoms with Crippen LogP contribution in [-0.2, 0) is 26.6 Å². The van der Waals surface area contributed by atoms with Gasteiger partial charge in [0.15, 0.2) is 0 Å². The van der Waals surface area contributed by atoms with Crippen molar-refractivity contribution in [2.45, 2.75) is 42.0 Å². The van der Waals surface area contributed by atoms with Crippen molar-refractivity contribution in [1.29, 1.82) is 0 Å². The molecule has 2 saturated heterocycles. The molecule has 0 saturated carbocycles. The van der Waals surface area contributed by atoms with Crippen LogP contribution in [0.2, 0.25) is 0 Å². The summed E-state index contributed by atoms with van der Waals surface area (Å²) in [6.45, 7) is 3.36. The maximum Gasteiger partial charge on any atom is 0.244 e. The molecule has 0 aliphatic carbocycles. The van der Waals surface area contributed by atoms with Crippen molar-refractivity contribution in [3.05, 3.63) is 60.2 Å². The first kappa shape index (κ1) is 22.4. The predicted octanol–water partition coefficient (Wildman–Crippen LogP) is 2.72. The molecule has 0 N–H and O–H groups in total. The SMILES string of the molecule is O=S(=O)(c1ccc(S(=O)(=O)N2CCCN(Cc3ccccc3)C2)cc1)N1CCCCC1. The summed E-state index contributed by atoms with van der Waals surface area (Å²) in [6.07, 6.45) is 3.52. The molecule has 9 heteroatoms. The first-order valence-electron chi connectivity index (χ1n) is 10.7. The summed E-state index contributed by atoms with van der Waals surface area (Å²) < 4.78 is 55.0. The standard InChI is InChI=1S/C22H29N3O4S2/c26-30(27,24-15-5-2-6-16-24)21-10-12-22(13-11-21)31(28,29)25-17-7-14-23(19-25)18-20-8-3-1-4-9-20/h1,3-4,8-13H,2,5-7,14-19H2. The number of piperidine rings is 1. The highest BCUT2D eigenvalue weighted by Gasteiger charge is 2.30. The van der Waals surface area contributed by atoms with Crippen molar-refractivity contribution >= 4 is 20.0 Å². The summed E-state index contributed by atoms with van der Waals surface area (Å²) >= 11 is 0. The minimum absolute atomic E-state index is 0.131. The van der Waals surface area contributed by atoms with Crippen molar-refractivity contribution in [1.82, 2.24) is 13.5 Å². The van der Waals surface area contributed by atoms with Gasteiger partial charge in [-0.1, -0.05) is 36.8 Å². The lowest BCUT2D eigenvalue weighted by atomic mass is 10.2. The Balaban J connectivity index is 1.48. The molecule has 0 unspecified atom stereocenters. The lowest BCUT2D eigenvalue weighted by Crippen LogP contribution is -2.47. The molecule has 0 radical (unpaired) electrons. The molecule has 0 aromatic heterocycles. The Morgan fingerprint density at radius 1 is 0.613 bits per heavy atom. The predicted molar refractivity (Wildman–Crippen MR) is 119 cm³/mol. The Hall–Kier alpha value is -1.78. The molecule has 2 aliphatic rings. The van der Waals surface area contributed by atoms with Crippen LogP contribution >= 0.6 is 0 Å². The topological polar surface area (TPSA) is 78.0 Å². The number of rotatable bonds is 6. The zero-order valence-electron chi connectivity index (χ0n) is 17.6. The van der Waals surface area contributed by atoms with E-state index in [4.69, 9.17) is 0 Å². The van der Waals surface area contributed by atoms with Crippen LogP contribution in [0.1, 0.15) is 31.2 Å². The maximum absolute atomic E-state index is 13.2. The van der Waals surface area contributed by atoms with E-state index in [-0.39, 0.29) is 9.79 Å².